The van der Waals surface area contributed by atoms with Crippen molar-refractivity contribution in [2.75, 3.05) is 23.9 Å². The Morgan fingerprint density at radius 3 is 2.00 bits per heavy atom. The molecule has 0 unspecified atom stereocenters. The molecule has 420 valence electrons. The van der Waals surface area contributed by atoms with Gasteiger partial charge in [0.25, 0.3) is 50.6 Å². The van der Waals surface area contributed by atoms with E-state index in [2.05, 4.69) is 40.7 Å². The molecule has 0 atom stereocenters. The number of aromatic nitrogens is 3. The van der Waals surface area contributed by atoms with Crippen LogP contribution in [-0.2, 0) is 57.2 Å². The second-order valence-electron chi connectivity index (χ2n) is 17.3. The maximum Gasteiger partial charge on any atom is 0.296 e. The summed E-state index contributed by atoms with van der Waals surface area (Å²) in [6.07, 6.45) is -0.274. The maximum absolute atomic E-state index is 12.5. The molecule has 8 aromatic rings. The zero-order valence-electron chi connectivity index (χ0n) is 41.2. The van der Waals surface area contributed by atoms with Gasteiger partial charge in [0.15, 0.2) is 11.3 Å². The number of pyridine rings is 1. The first-order valence-electron chi connectivity index (χ1n) is 22.6. The molecular weight excluding hydrogens is 1190 g/mol. The highest BCUT2D eigenvalue weighted by atomic mass is 32.2. The van der Waals surface area contributed by atoms with Crippen molar-refractivity contribution in [1.29, 1.82) is 5.26 Å². The second kappa shape index (κ2) is 22.5. The summed E-state index contributed by atoms with van der Waals surface area (Å²) >= 11 is 1.78. The van der Waals surface area contributed by atoms with Crippen molar-refractivity contribution >= 4 is 145 Å². The third kappa shape index (κ3) is 13.1. The summed E-state index contributed by atoms with van der Waals surface area (Å²) in [6.45, 7) is 3.52. The molecule has 0 bridgehead atoms. The number of rotatable bonds is 20. The van der Waals surface area contributed by atoms with Gasteiger partial charge in [-0.05, 0) is 104 Å². The summed E-state index contributed by atoms with van der Waals surface area (Å²) in [7, 11) is -23.1. The van der Waals surface area contributed by atoms with Gasteiger partial charge in [0, 0.05) is 27.5 Å². The molecule has 35 heteroatoms. The first kappa shape index (κ1) is 59.1. The van der Waals surface area contributed by atoms with E-state index in [4.69, 9.17) is 4.74 Å². The molecule has 0 saturated carbocycles. The van der Waals surface area contributed by atoms with Crippen molar-refractivity contribution in [3.05, 3.63) is 88.5 Å². The summed E-state index contributed by atoms with van der Waals surface area (Å²) in [5, 5.41) is 58.3. The highest BCUT2D eigenvalue weighted by molar-refractivity contribution is 7.99. The Hall–Kier alpha value is -7.05. The Labute approximate surface area is 462 Å². The van der Waals surface area contributed by atoms with E-state index in [0.29, 0.717) is 5.56 Å². The van der Waals surface area contributed by atoms with E-state index < -0.39 is 89.3 Å². The van der Waals surface area contributed by atoms with E-state index in [1.165, 1.54) is 44.2 Å². The molecule has 0 amide bonds. The maximum atomic E-state index is 12.5. The lowest BCUT2D eigenvalue weighted by Crippen LogP contribution is -2.08. The Morgan fingerprint density at radius 2 is 1.35 bits per heavy atom. The van der Waals surface area contributed by atoms with Gasteiger partial charge in [0.1, 0.15) is 33.5 Å². The number of thioether (sulfide) groups is 1. The smallest absolute Gasteiger partial charge is 0.296 e. The number of nitrogens with zero attached hydrogens (tertiary/aromatic N) is 10. The van der Waals surface area contributed by atoms with E-state index in [1.54, 1.807) is 6.92 Å². The third-order valence-electron chi connectivity index (χ3n) is 11.7. The van der Waals surface area contributed by atoms with Gasteiger partial charge in [-0.15, -0.1) is 37.3 Å². The fourth-order valence-corrected chi connectivity index (χ4v) is 12.8. The molecule has 3 heterocycles. The highest BCUT2D eigenvalue weighted by Crippen LogP contribution is 2.44. The van der Waals surface area contributed by atoms with Gasteiger partial charge in [0.05, 0.1) is 67.3 Å². The molecule has 5 aromatic carbocycles. The number of aryl methyl sites for hydroxylation is 2. The van der Waals surface area contributed by atoms with E-state index in [-0.39, 0.29) is 129 Å². The zero-order chi connectivity index (χ0) is 58.4. The highest BCUT2D eigenvalue weighted by Gasteiger charge is 2.26. The molecule has 0 saturated heterocycles. The molecule has 0 fully saturated rings. The summed E-state index contributed by atoms with van der Waals surface area (Å²) in [5.41, 5.74) is 0.397. The van der Waals surface area contributed by atoms with Crippen molar-refractivity contribution in [3.8, 4) is 17.7 Å². The predicted molar refractivity (Wildman–Crippen MR) is 289 cm³/mol. The number of fused-ring (bicyclic) bond motifs is 6. The molecule has 7 N–H and O–H groups in total. The number of aromatic hydroxyl groups is 1. The number of aliphatic hydroxyl groups excluding tert-OH is 1. The fraction of sp³-hybridized carbons (Fsp3) is 0.222. The molecule has 80 heavy (non-hydrogen) atoms. The zero-order valence-corrected chi connectivity index (χ0v) is 46.9. The largest absolute Gasteiger partial charge is 0.493 e. The summed E-state index contributed by atoms with van der Waals surface area (Å²) in [4.78, 5) is 7.26. The second-order valence-corrected chi connectivity index (χ2v) is 26.8. The lowest BCUT2D eigenvalue weighted by molar-refractivity contribution is 0.282. The van der Waals surface area contributed by atoms with Crippen LogP contribution in [0.5, 0.6) is 11.6 Å². The summed E-state index contributed by atoms with van der Waals surface area (Å²) < 4.78 is 175. The van der Waals surface area contributed by atoms with Crippen LogP contribution in [-0.4, -0.2) is 113 Å². The third-order valence-corrected chi connectivity index (χ3v) is 17.9. The number of benzene rings is 5. The minimum absolute atomic E-state index is 0.00298. The molecule has 3 aromatic heterocycles. The molecule has 28 nitrogen and oxygen atoms in total. The number of ether oxygens (including phenoxy) is 1. The monoisotopic (exact) mass is 1230 g/mol. The Morgan fingerprint density at radius 1 is 0.688 bits per heavy atom. The first-order valence-corrected chi connectivity index (χ1v) is 31.9. The van der Waals surface area contributed by atoms with Crippen LogP contribution >= 0.6 is 23.1 Å². The van der Waals surface area contributed by atoms with Gasteiger partial charge < -0.3 is 14.9 Å². The Bertz CT molecular complexity index is 4640. The van der Waals surface area contributed by atoms with Crippen molar-refractivity contribution < 1.29 is 79.8 Å². The summed E-state index contributed by atoms with van der Waals surface area (Å²) in [6, 6.07) is 14.1. The molecular formula is C45H40N10O18S7. The van der Waals surface area contributed by atoms with Gasteiger partial charge in [-0.3, -0.25) is 27.2 Å². The molecule has 0 aliphatic rings. The summed E-state index contributed by atoms with van der Waals surface area (Å²) in [5.74, 6) is -1.96. The predicted octanol–water partition coefficient (Wildman–Crippen LogP) is 9.26. The molecule has 0 aliphatic heterocycles. The van der Waals surface area contributed by atoms with Crippen molar-refractivity contribution in [3.63, 3.8) is 0 Å². The van der Waals surface area contributed by atoms with E-state index in [9.17, 15) is 80.3 Å². The minimum Gasteiger partial charge on any atom is -0.493 e. The number of thiazole rings is 1. The number of nitriles is 1. The lowest BCUT2D eigenvalue weighted by atomic mass is 10.1. The van der Waals surface area contributed by atoms with E-state index in [0.717, 1.165) is 57.8 Å². The minimum atomic E-state index is -4.92. The Balaban J connectivity index is 1.20. The molecule has 0 spiro atoms. The van der Waals surface area contributed by atoms with Crippen LogP contribution in [0.1, 0.15) is 40.7 Å². The SMILES string of the molecule is Cc1cc(N=Nc2c(C)c(C#N)c3nc4c(C)cc(S(=O)(=O)O)cc4n3c2O)c(OCCCS(=O)(=O)O)cc1N=Nc1cc(CO)c(N=Nc2nc3c(S(=O)(=O)O)cc4ccc(S(=O)(=O)O)cc4c3s2)cc1SCCCS(=O)(=O)O. The van der Waals surface area contributed by atoms with Gasteiger partial charge in [-0.25, -0.2) is 9.97 Å². The van der Waals surface area contributed by atoms with Gasteiger partial charge in [-0.1, -0.05) is 17.4 Å². The standard InChI is InChI=1S/C45H40N10O18S7/c1-22-13-33(51-53-40-24(3)30(20-46)43-47-39-23(2)12-28(79(67,68)69)17-35(39)55(43)44(40)57)36(73-8-4-10-76(58,59)60)18-31(22)49-52-34-14-26(21-56)32(19-37(34)74-9-5-11-77(61,62)63)50-54-45-48-41-38(80(70,71)72)15-25-6-7-27(78(64,65)66)16-29(25)42(41)75-45/h6-7,12-19,56-57H,4-5,8-11,21H2,1-3H3,(H,58,59,60)(H,61,62,63)(H,64,65,66)(H,67,68,69)(H,70,71,72). The van der Waals surface area contributed by atoms with Crippen LogP contribution < -0.4 is 4.74 Å². The number of aliphatic hydroxyl groups is 1. The Kier molecular flexibility index (Phi) is 16.6. The van der Waals surface area contributed by atoms with Gasteiger partial charge >= 0.3 is 0 Å². The van der Waals surface area contributed by atoms with Crippen LogP contribution in [0.15, 0.2) is 111 Å². The van der Waals surface area contributed by atoms with Crippen LogP contribution in [0.25, 0.3) is 37.7 Å². The quantitative estimate of drug-likeness (QED) is 0.0162. The van der Waals surface area contributed by atoms with E-state index in [1.807, 2.05) is 6.07 Å². The number of azo groups is 3. The number of imidazole rings is 1. The average Bonchev–Trinajstić information content (AvgIpc) is 4.03. The van der Waals surface area contributed by atoms with Crippen LogP contribution in [0.3, 0.4) is 0 Å². The van der Waals surface area contributed by atoms with Gasteiger partial charge in [0.2, 0.25) is 11.0 Å². The van der Waals surface area contributed by atoms with Gasteiger partial charge in [-0.2, -0.15) is 52.5 Å². The van der Waals surface area contributed by atoms with Crippen LogP contribution in [0, 0.1) is 32.1 Å². The lowest BCUT2D eigenvalue weighted by Gasteiger charge is -2.12. The first-order chi connectivity index (χ1) is 37.3. The molecule has 8 rings (SSSR count). The van der Waals surface area contributed by atoms with Crippen LogP contribution in [0.2, 0.25) is 0 Å². The fourth-order valence-electron chi connectivity index (χ4n) is 7.92. The number of hydrogen-bond donors (Lipinski definition) is 7. The molecule has 0 radical (unpaired) electrons. The van der Waals surface area contributed by atoms with Crippen molar-refractivity contribution in [1.82, 2.24) is 14.4 Å². The molecule has 0 aliphatic carbocycles. The number of hydrogen-bond acceptors (Lipinski definition) is 24. The van der Waals surface area contributed by atoms with Crippen LogP contribution in [0.4, 0.5) is 33.6 Å². The average molecular weight is 1230 g/mol. The van der Waals surface area contributed by atoms with Crippen molar-refractivity contribution in [2.45, 2.75) is 59.8 Å². The normalized spacial score (nSPS) is 13.1. The van der Waals surface area contributed by atoms with E-state index >= 15 is 0 Å². The van der Waals surface area contributed by atoms with Crippen molar-refractivity contribution in [2.24, 2.45) is 30.7 Å². The topological polar surface area (TPSA) is 450 Å².